The molecule has 0 saturated heterocycles. The van der Waals surface area contributed by atoms with Gasteiger partial charge in [-0.25, -0.2) is 4.98 Å². The van der Waals surface area contributed by atoms with E-state index in [1.54, 1.807) is 22.7 Å². The Hall–Kier alpha value is -1.53. The minimum Gasteiger partial charge on any atom is -0.391 e. The summed E-state index contributed by atoms with van der Waals surface area (Å²) in [5, 5.41) is 19.0. The Morgan fingerprint density at radius 1 is 1.27 bits per heavy atom. The molecular formula is C17H16N2OS2. The van der Waals surface area contributed by atoms with E-state index in [0.717, 1.165) is 18.0 Å². The molecule has 0 fully saturated rings. The number of hydrogen-bond acceptors (Lipinski definition) is 5. The van der Waals surface area contributed by atoms with Crippen molar-refractivity contribution in [3.05, 3.63) is 63.3 Å². The number of nitrogens with one attached hydrogen (secondary N) is 1. The first-order valence-electron chi connectivity index (χ1n) is 7.28. The van der Waals surface area contributed by atoms with E-state index in [2.05, 4.69) is 39.3 Å². The maximum Gasteiger partial charge on any atom is 0.124 e. The summed E-state index contributed by atoms with van der Waals surface area (Å²) in [6.07, 6.45) is 2.32. The van der Waals surface area contributed by atoms with Gasteiger partial charge in [-0.2, -0.15) is 11.3 Å². The maximum atomic E-state index is 10.3. The molecule has 2 aromatic heterocycles. The Morgan fingerprint density at radius 3 is 3.05 bits per heavy atom. The topological polar surface area (TPSA) is 45.1 Å². The monoisotopic (exact) mass is 328 g/mol. The predicted octanol–water partition coefficient (Wildman–Crippen LogP) is 3.62. The third-order valence-corrected chi connectivity index (χ3v) is 5.75. The van der Waals surface area contributed by atoms with E-state index < -0.39 is 0 Å². The SMILES string of the molecule is O[C@H]1Cc2ccccc2[C@H]1NCc1cnc(-c2ccsc2)s1. The first-order valence-corrected chi connectivity index (χ1v) is 9.04. The van der Waals surface area contributed by atoms with Crippen molar-refractivity contribution in [2.45, 2.75) is 25.1 Å². The van der Waals surface area contributed by atoms with Crippen LogP contribution in [0.2, 0.25) is 0 Å². The molecule has 5 heteroatoms. The quantitative estimate of drug-likeness (QED) is 0.769. The lowest BCUT2D eigenvalue weighted by atomic mass is 10.1. The van der Waals surface area contributed by atoms with E-state index in [1.165, 1.54) is 21.6 Å². The second-order valence-electron chi connectivity index (χ2n) is 5.47. The van der Waals surface area contributed by atoms with Crippen LogP contribution in [0.5, 0.6) is 0 Å². The average molecular weight is 328 g/mol. The highest BCUT2D eigenvalue weighted by Crippen LogP contribution is 2.32. The molecule has 2 N–H and O–H groups in total. The lowest BCUT2D eigenvalue weighted by molar-refractivity contribution is 0.141. The molecule has 0 saturated carbocycles. The molecule has 1 aromatic carbocycles. The smallest absolute Gasteiger partial charge is 0.124 e. The van der Waals surface area contributed by atoms with Crippen LogP contribution in [-0.4, -0.2) is 16.2 Å². The lowest BCUT2D eigenvalue weighted by Crippen LogP contribution is -2.28. The fourth-order valence-electron chi connectivity index (χ4n) is 2.94. The van der Waals surface area contributed by atoms with Crippen molar-refractivity contribution in [3.8, 4) is 10.6 Å². The number of aliphatic hydroxyl groups is 1. The van der Waals surface area contributed by atoms with Gasteiger partial charge in [-0.1, -0.05) is 24.3 Å². The van der Waals surface area contributed by atoms with Gasteiger partial charge in [0, 0.05) is 35.0 Å². The van der Waals surface area contributed by atoms with E-state index in [-0.39, 0.29) is 12.1 Å². The van der Waals surface area contributed by atoms with E-state index >= 15 is 0 Å². The van der Waals surface area contributed by atoms with Crippen LogP contribution < -0.4 is 5.32 Å². The van der Waals surface area contributed by atoms with E-state index in [4.69, 9.17) is 0 Å². The van der Waals surface area contributed by atoms with Crippen molar-refractivity contribution in [1.29, 1.82) is 0 Å². The summed E-state index contributed by atoms with van der Waals surface area (Å²) in [5.41, 5.74) is 3.65. The second kappa shape index (κ2) is 5.93. The standard InChI is InChI=1S/C17H16N2OS2/c20-15-7-11-3-1-2-4-14(11)16(15)18-8-13-9-19-17(22-13)12-5-6-21-10-12/h1-6,9-10,15-16,18,20H,7-8H2/t15-,16+/m0/s1. The van der Waals surface area contributed by atoms with Gasteiger partial charge in [-0.05, 0) is 22.6 Å². The van der Waals surface area contributed by atoms with Gasteiger partial charge in [0.1, 0.15) is 5.01 Å². The molecule has 1 aliphatic rings. The number of benzene rings is 1. The zero-order chi connectivity index (χ0) is 14.9. The number of fused-ring (bicyclic) bond motifs is 1. The minimum absolute atomic E-state index is 0.0166. The van der Waals surface area contributed by atoms with Gasteiger partial charge in [0.05, 0.1) is 12.1 Å². The number of nitrogens with zero attached hydrogens (tertiary/aromatic N) is 1. The molecule has 0 radical (unpaired) electrons. The van der Waals surface area contributed by atoms with Crippen LogP contribution in [0, 0.1) is 0 Å². The van der Waals surface area contributed by atoms with Crippen LogP contribution in [0.15, 0.2) is 47.3 Å². The molecule has 2 atom stereocenters. The van der Waals surface area contributed by atoms with Crippen molar-refractivity contribution < 1.29 is 5.11 Å². The van der Waals surface area contributed by atoms with Crippen LogP contribution in [0.4, 0.5) is 0 Å². The Morgan fingerprint density at radius 2 is 2.18 bits per heavy atom. The van der Waals surface area contributed by atoms with Crippen molar-refractivity contribution in [2.24, 2.45) is 0 Å². The summed E-state index contributed by atoms with van der Waals surface area (Å²) in [7, 11) is 0. The van der Waals surface area contributed by atoms with Gasteiger partial charge in [0.25, 0.3) is 0 Å². The van der Waals surface area contributed by atoms with Crippen molar-refractivity contribution in [1.82, 2.24) is 10.3 Å². The van der Waals surface area contributed by atoms with Crippen LogP contribution in [0.3, 0.4) is 0 Å². The van der Waals surface area contributed by atoms with Crippen molar-refractivity contribution >= 4 is 22.7 Å². The summed E-state index contributed by atoms with van der Waals surface area (Å²) < 4.78 is 0. The molecular weight excluding hydrogens is 312 g/mol. The highest BCUT2D eigenvalue weighted by atomic mass is 32.1. The molecule has 4 rings (SSSR count). The summed E-state index contributed by atoms with van der Waals surface area (Å²) in [4.78, 5) is 5.68. The van der Waals surface area contributed by atoms with Crippen molar-refractivity contribution in [3.63, 3.8) is 0 Å². The van der Waals surface area contributed by atoms with Crippen molar-refractivity contribution in [2.75, 3.05) is 0 Å². The fraction of sp³-hybridized carbons (Fsp3) is 0.235. The van der Waals surface area contributed by atoms with E-state index in [1.807, 2.05) is 18.3 Å². The van der Waals surface area contributed by atoms with Crippen LogP contribution in [-0.2, 0) is 13.0 Å². The Kier molecular flexibility index (Phi) is 3.80. The largest absolute Gasteiger partial charge is 0.391 e. The Balaban J connectivity index is 1.47. The number of thiazole rings is 1. The molecule has 0 spiro atoms. The van der Waals surface area contributed by atoms with Gasteiger partial charge in [0.2, 0.25) is 0 Å². The number of aromatic nitrogens is 1. The Bertz CT molecular complexity index is 767. The molecule has 0 aliphatic heterocycles. The molecule has 2 heterocycles. The first-order chi connectivity index (χ1) is 10.8. The molecule has 3 nitrogen and oxygen atoms in total. The van der Waals surface area contributed by atoms with E-state index in [0.29, 0.717) is 0 Å². The van der Waals surface area contributed by atoms with Gasteiger partial charge in [-0.3, -0.25) is 0 Å². The zero-order valence-corrected chi connectivity index (χ0v) is 13.5. The lowest BCUT2D eigenvalue weighted by Gasteiger charge is -2.17. The zero-order valence-electron chi connectivity index (χ0n) is 11.9. The fourth-order valence-corrected chi connectivity index (χ4v) is 4.51. The third kappa shape index (κ3) is 2.61. The minimum atomic E-state index is -0.346. The number of aliphatic hydroxyl groups excluding tert-OH is 1. The van der Waals surface area contributed by atoms with Crippen LogP contribution in [0.25, 0.3) is 10.6 Å². The summed E-state index contributed by atoms with van der Waals surface area (Å²) in [6.45, 7) is 0.734. The molecule has 0 unspecified atom stereocenters. The molecule has 0 amide bonds. The summed E-state index contributed by atoms with van der Waals surface area (Å²) in [5.74, 6) is 0. The number of thiophene rings is 1. The van der Waals surface area contributed by atoms with Crippen LogP contribution in [0.1, 0.15) is 22.0 Å². The summed E-state index contributed by atoms with van der Waals surface area (Å²) >= 11 is 3.40. The van der Waals surface area contributed by atoms with Gasteiger partial charge in [0.15, 0.2) is 0 Å². The van der Waals surface area contributed by atoms with E-state index in [9.17, 15) is 5.11 Å². The average Bonchev–Trinajstić information content (AvgIpc) is 3.24. The predicted molar refractivity (Wildman–Crippen MR) is 91.2 cm³/mol. The van der Waals surface area contributed by atoms with Gasteiger partial charge in [-0.15, -0.1) is 11.3 Å². The highest BCUT2D eigenvalue weighted by Gasteiger charge is 2.30. The maximum absolute atomic E-state index is 10.3. The second-order valence-corrected chi connectivity index (χ2v) is 7.37. The molecule has 112 valence electrons. The molecule has 3 aromatic rings. The van der Waals surface area contributed by atoms with Gasteiger partial charge < -0.3 is 10.4 Å². The first kappa shape index (κ1) is 14.1. The summed E-state index contributed by atoms with van der Waals surface area (Å²) in [6, 6.07) is 10.4. The molecule has 22 heavy (non-hydrogen) atoms. The molecule has 1 aliphatic carbocycles. The third-order valence-electron chi connectivity index (χ3n) is 4.02. The highest BCUT2D eigenvalue weighted by molar-refractivity contribution is 7.15. The number of hydrogen-bond donors (Lipinski definition) is 2. The Labute approximate surface area is 137 Å². The normalized spacial score (nSPS) is 20.2. The molecule has 0 bridgehead atoms. The number of rotatable bonds is 4. The van der Waals surface area contributed by atoms with Crippen LogP contribution >= 0.6 is 22.7 Å². The van der Waals surface area contributed by atoms with Gasteiger partial charge >= 0.3 is 0 Å².